The quantitative estimate of drug-likeness (QED) is 0.494. The van der Waals surface area contributed by atoms with Crippen molar-refractivity contribution in [2.24, 2.45) is 11.8 Å². The molecule has 2 bridgehead atoms. The van der Waals surface area contributed by atoms with E-state index in [1.54, 1.807) is 12.1 Å². The van der Waals surface area contributed by atoms with Crippen LogP contribution in [-0.2, 0) is 6.54 Å². The Kier molecular flexibility index (Phi) is 6.31. The van der Waals surface area contributed by atoms with Crippen LogP contribution in [0.25, 0.3) is 0 Å². The second kappa shape index (κ2) is 9.42. The van der Waals surface area contributed by atoms with Gasteiger partial charge in [-0.1, -0.05) is 12.8 Å². The van der Waals surface area contributed by atoms with Crippen LogP contribution in [0.4, 0.5) is 4.39 Å². The number of halogens is 1. The maximum atomic E-state index is 13.2. The number of thioether (sulfide) groups is 1. The predicted molar refractivity (Wildman–Crippen MR) is 134 cm³/mol. The van der Waals surface area contributed by atoms with Gasteiger partial charge in [-0.15, -0.1) is 11.8 Å². The van der Waals surface area contributed by atoms with Crippen LogP contribution < -0.4 is 0 Å². The molecule has 2 saturated carbocycles. The highest BCUT2D eigenvalue weighted by atomic mass is 32.2. The van der Waals surface area contributed by atoms with E-state index in [0.717, 1.165) is 56.6 Å². The minimum Gasteiger partial charge on any atom is -0.494 e. The summed E-state index contributed by atoms with van der Waals surface area (Å²) >= 11 is 1.89. The Morgan fingerprint density at radius 3 is 2.00 bits per heavy atom. The Morgan fingerprint density at radius 2 is 1.38 bits per heavy atom. The van der Waals surface area contributed by atoms with Crippen molar-refractivity contribution in [2.75, 3.05) is 19.6 Å². The molecule has 1 aromatic carbocycles. The molecule has 2 heterocycles. The molecule has 34 heavy (non-hydrogen) atoms. The zero-order chi connectivity index (χ0) is 23.2. The first-order valence-corrected chi connectivity index (χ1v) is 14.2. The Bertz CT molecular complexity index is 981. The average Bonchev–Trinajstić information content (AvgIpc) is 3.53. The standard InChI is InChI=1S/C28H37FN2O2S/c29-22-7-9-23(10-8-22)34-24-11-13-30(14-12-24)16-20-3-1-2-4-21(20)17-31-27(32)25-18-5-6-19(15-18)26(25)28(31)33/h7-10,18-21,24,32-33H,1-6,11-17H2. The van der Waals surface area contributed by atoms with Gasteiger partial charge in [0, 0.05) is 34.4 Å². The fourth-order valence-electron chi connectivity index (χ4n) is 7.36. The number of aromatic nitrogens is 1. The lowest BCUT2D eigenvalue weighted by Crippen LogP contribution is -2.41. The first kappa shape index (κ1) is 22.8. The largest absolute Gasteiger partial charge is 0.494 e. The van der Waals surface area contributed by atoms with Crippen molar-refractivity contribution in [3.8, 4) is 11.8 Å². The Balaban J connectivity index is 1.07. The summed E-state index contributed by atoms with van der Waals surface area (Å²) in [6, 6.07) is 6.90. The number of nitrogens with zero attached hydrogens (tertiary/aromatic N) is 2. The molecule has 184 valence electrons. The number of benzene rings is 1. The number of rotatable bonds is 6. The van der Waals surface area contributed by atoms with Crippen LogP contribution in [0, 0.1) is 17.7 Å². The van der Waals surface area contributed by atoms with Crippen LogP contribution in [0.2, 0.25) is 0 Å². The molecule has 2 aromatic rings. The molecule has 2 N–H and O–H groups in total. The van der Waals surface area contributed by atoms with Crippen LogP contribution in [0.3, 0.4) is 0 Å². The number of likely N-dealkylation sites (tertiary alicyclic amines) is 1. The van der Waals surface area contributed by atoms with E-state index in [4.69, 9.17) is 0 Å². The Hall–Kier alpha value is -1.66. The highest BCUT2D eigenvalue weighted by Crippen LogP contribution is 2.60. The number of aromatic hydroxyl groups is 2. The molecule has 0 spiro atoms. The van der Waals surface area contributed by atoms with E-state index in [1.807, 2.05) is 28.5 Å². The first-order valence-electron chi connectivity index (χ1n) is 13.4. The molecular formula is C28H37FN2O2S. The van der Waals surface area contributed by atoms with Gasteiger partial charge < -0.3 is 15.1 Å². The highest BCUT2D eigenvalue weighted by Gasteiger charge is 2.44. The summed E-state index contributed by atoms with van der Waals surface area (Å²) < 4.78 is 15.1. The predicted octanol–water partition coefficient (Wildman–Crippen LogP) is 6.47. The molecule has 3 aliphatic carbocycles. The van der Waals surface area contributed by atoms with E-state index in [9.17, 15) is 14.6 Å². The van der Waals surface area contributed by atoms with Gasteiger partial charge in [-0.3, -0.25) is 4.57 Å². The van der Waals surface area contributed by atoms with Gasteiger partial charge in [-0.2, -0.15) is 0 Å². The zero-order valence-electron chi connectivity index (χ0n) is 20.0. The van der Waals surface area contributed by atoms with Crippen molar-refractivity contribution in [3.63, 3.8) is 0 Å². The molecule has 4 aliphatic rings. The third kappa shape index (κ3) is 4.26. The van der Waals surface area contributed by atoms with Gasteiger partial charge >= 0.3 is 0 Å². The van der Waals surface area contributed by atoms with Crippen LogP contribution in [0.15, 0.2) is 29.2 Å². The van der Waals surface area contributed by atoms with Crippen molar-refractivity contribution in [1.82, 2.24) is 9.47 Å². The summed E-state index contributed by atoms with van der Waals surface area (Å²) in [7, 11) is 0. The summed E-state index contributed by atoms with van der Waals surface area (Å²) in [6.07, 6.45) is 10.8. The van der Waals surface area contributed by atoms with E-state index in [0.29, 0.717) is 40.7 Å². The molecule has 4 nitrogen and oxygen atoms in total. The first-order chi connectivity index (χ1) is 16.6. The van der Waals surface area contributed by atoms with Gasteiger partial charge in [0.1, 0.15) is 5.82 Å². The molecule has 1 saturated heterocycles. The summed E-state index contributed by atoms with van der Waals surface area (Å²) in [5, 5.41) is 22.7. The molecule has 6 rings (SSSR count). The minimum absolute atomic E-state index is 0.167. The second-order valence-electron chi connectivity index (χ2n) is 11.2. The van der Waals surface area contributed by atoms with Crippen molar-refractivity contribution in [2.45, 2.75) is 86.3 Å². The number of piperidine rings is 1. The number of fused-ring (bicyclic) bond motifs is 5. The van der Waals surface area contributed by atoms with Gasteiger partial charge in [0.2, 0.25) is 0 Å². The van der Waals surface area contributed by atoms with Gasteiger partial charge in [0.15, 0.2) is 11.8 Å². The highest BCUT2D eigenvalue weighted by molar-refractivity contribution is 8.00. The summed E-state index contributed by atoms with van der Waals surface area (Å²) in [4.78, 5) is 3.80. The van der Waals surface area contributed by atoms with Crippen LogP contribution in [0.5, 0.6) is 11.8 Å². The average molecular weight is 485 g/mol. The molecule has 1 aliphatic heterocycles. The monoisotopic (exact) mass is 484 g/mol. The minimum atomic E-state index is -0.167. The van der Waals surface area contributed by atoms with Gasteiger partial charge in [-0.05, 0) is 106 Å². The van der Waals surface area contributed by atoms with Gasteiger partial charge in [-0.25, -0.2) is 4.39 Å². The normalized spacial score (nSPS) is 29.6. The second-order valence-corrected chi connectivity index (χ2v) is 12.5. The maximum absolute atomic E-state index is 13.2. The van der Waals surface area contributed by atoms with Crippen LogP contribution >= 0.6 is 11.8 Å². The number of hydrogen-bond acceptors (Lipinski definition) is 4. The molecule has 0 amide bonds. The van der Waals surface area contributed by atoms with Crippen molar-refractivity contribution >= 4 is 11.8 Å². The van der Waals surface area contributed by atoms with Crippen LogP contribution in [-0.4, -0.2) is 44.6 Å². The molecule has 4 atom stereocenters. The SMILES string of the molecule is Oc1c2c(c(O)n1CC1CCCCC1CN1CCC(Sc3ccc(F)cc3)CC1)C1CCC2C1. The molecule has 6 heteroatoms. The van der Waals surface area contributed by atoms with Crippen LogP contribution in [0.1, 0.15) is 80.8 Å². The van der Waals surface area contributed by atoms with E-state index in [2.05, 4.69) is 4.90 Å². The molecule has 3 fully saturated rings. The Morgan fingerprint density at radius 1 is 0.794 bits per heavy atom. The van der Waals surface area contributed by atoms with E-state index in [-0.39, 0.29) is 5.82 Å². The summed E-state index contributed by atoms with van der Waals surface area (Å²) in [6.45, 7) is 4.14. The number of hydrogen-bond donors (Lipinski definition) is 2. The lowest BCUT2D eigenvalue weighted by Gasteiger charge is -2.38. The van der Waals surface area contributed by atoms with Gasteiger partial charge in [0.25, 0.3) is 0 Å². The fourth-order valence-corrected chi connectivity index (χ4v) is 8.49. The third-order valence-corrected chi connectivity index (χ3v) is 10.5. The van der Waals surface area contributed by atoms with E-state index in [1.165, 1.54) is 43.4 Å². The lowest BCUT2D eigenvalue weighted by molar-refractivity contribution is 0.123. The molecule has 4 unspecified atom stereocenters. The topological polar surface area (TPSA) is 48.6 Å². The Labute approximate surface area is 206 Å². The van der Waals surface area contributed by atoms with E-state index >= 15 is 0 Å². The molecule has 0 radical (unpaired) electrons. The molecular weight excluding hydrogens is 447 g/mol. The van der Waals surface area contributed by atoms with Crippen molar-refractivity contribution in [1.29, 1.82) is 0 Å². The van der Waals surface area contributed by atoms with Crippen molar-refractivity contribution < 1.29 is 14.6 Å². The van der Waals surface area contributed by atoms with Gasteiger partial charge in [0.05, 0.1) is 0 Å². The smallest absolute Gasteiger partial charge is 0.197 e. The third-order valence-electron chi connectivity index (χ3n) is 9.16. The lowest BCUT2D eigenvalue weighted by atomic mass is 9.78. The maximum Gasteiger partial charge on any atom is 0.197 e. The summed E-state index contributed by atoms with van der Waals surface area (Å²) in [5.41, 5.74) is 2.14. The van der Waals surface area contributed by atoms with Crippen molar-refractivity contribution in [3.05, 3.63) is 41.2 Å². The van der Waals surface area contributed by atoms with E-state index < -0.39 is 0 Å². The molecule has 1 aromatic heterocycles. The zero-order valence-corrected chi connectivity index (χ0v) is 20.8. The summed E-state index contributed by atoms with van der Waals surface area (Å²) in [5.74, 6) is 2.63. The fraction of sp³-hybridized carbons (Fsp3) is 0.643.